The lowest BCUT2D eigenvalue weighted by Crippen LogP contribution is -2.36. The molecule has 5 heteroatoms. The Morgan fingerprint density at radius 3 is 2.54 bits per heavy atom. The van der Waals surface area contributed by atoms with Gasteiger partial charge >= 0.3 is 5.97 Å². The maximum atomic E-state index is 11.1. The van der Waals surface area contributed by atoms with Crippen LogP contribution in [0, 0.1) is 0 Å². The second kappa shape index (κ2) is 6.42. The molecule has 0 aliphatic carbocycles. The number of aliphatic carboxylic acids is 1. The van der Waals surface area contributed by atoms with Crippen molar-refractivity contribution in [2.75, 3.05) is 26.7 Å². The van der Waals surface area contributed by atoms with Gasteiger partial charge in [-0.1, -0.05) is 0 Å². The average Bonchev–Trinajstić information content (AvgIpc) is 2.10. The van der Waals surface area contributed by atoms with E-state index >= 15 is 0 Å². The number of carboxylic acids is 1. The minimum absolute atomic E-state index is 0.0205. The number of carbonyl (C=O) groups is 2. The molecular weight excluding hydrogens is 172 g/mol. The van der Waals surface area contributed by atoms with Crippen molar-refractivity contribution in [1.82, 2.24) is 10.2 Å². The molecule has 0 spiro atoms. The van der Waals surface area contributed by atoms with E-state index in [0.717, 1.165) is 0 Å². The van der Waals surface area contributed by atoms with Crippen LogP contribution in [-0.4, -0.2) is 48.6 Å². The molecular formula is C8H16N2O3. The Bertz CT molecular complexity index is 182. The maximum Gasteiger partial charge on any atom is 0.304 e. The van der Waals surface area contributed by atoms with Gasteiger partial charge in [-0.15, -0.1) is 0 Å². The van der Waals surface area contributed by atoms with Crippen molar-refractivity contribution in [3.63, 3.8) is 0 Å². The van der Waals surface area contributed by atoms with Gasteiger partial charge in [0.05, 0.1) is 13.0 Å². The summed E-state index contributed by atoms with van der Waals surface area (Å²) in [7, 11) is 1.71. The Morgan fingerprint density at radius 2 is 2.08 bits per heavy atom. The molecule has 0 rings (SSSR count). The fourth-order valence-electron chi connectivity index (χ4n) is 0.702. The SMILES string of the molecule is CCN(C)C(=O)CNCCC(=O)O. The number of hydrogen-bond donors (Lipinski definition) is 2. The highest BCUT2D eigenvalue weighted by molar-refractivity contribution is 5.78. The Morgan fingerprint density at radius 1 is 1.46 bits per heavy atom. The second-order valence-electron chi connectivity index (χ2n) is 2.73. The van der Waals surface area contributed by atoms with Gasteiger partial charge in [-0.05, 0) is 6.92 Å². The van der Waals surface area contributed by atoms with Crippen LogP contribution in [0.4, 0.5) is 0 Å². The van der Waals surface area contributed by atoms with Gasteiger partial charge in [-0.25, -0.2) is 0 Å². The van der Waals surface area contributed by atoms with Gasteiger partial charge in [0.25, 0.3) is 0 Å². The summed E-state index contributed by atoms with van der Waals surface area (Å²) < 4.78 is 0. The largest absolute Gasteiger partial charge is 0.481 e. The zero-order chi connectivity index (χ0) is 10.3. The van der Waals surface area contributed by atoms with E-state index in [4.69, 9.17) is 5.11 Å². The Kier molecular flexibility index (Phi) is 5.88. The Labute approximate surface area is 77.7 Å². The highest BCUT2D eigenvalue weighted by Crippen LogP contribution is 1.82. The molecule has 0 aliphatic heterocycles. The number of nitrogens with zero attached hydrogens (tertiary/aromatic N) is 1. The highest BCUT2D eigenvalue weighted by atomic mass is 16.4. The van der Waals surface area contributed by atoms with Crippen molar-refractivity contribution >= 4 is 11.9 Å². The molecule has 0 heterocycles. The molecule has 2 N–H and O–H groups in total. The molecule has 0 fully saturated rings. The molecule has 0 bridgehead atoms. The molecule has 0 saturated heterocycles. The zero-order valence-electron chi connectivity index (χ0n) is 8.04. The molecule has 0 aliphatic rings. The molecule has 0 atom stereocenters. The summed E-state index contributed by atoms with van der Waals surface area (Å²) in [5, 5.41) is 11.1. The van der Waals surface area contributed by atoms with E-state index in [-0.39, 0.29) is 18.9 Å². The topological polar surface area (TPSA) is 69.6 Å². The van der Waals surface area contributed by atoms with Crippen LogP contribution in [0.3, 0.4) is 0 Å². The molecule has 0 unspecified atom stereocenters. The number of nitrogens with one attached hydrogen (secondary N) is 1. The lowest BCUT2D eigenvalue weighted by molar-refractivity contribution is -0.137. The van der Waals surface area contributed by atoms with Gasteiger partial charge in [-0.3, -0.25) is 9.59 Å². The normalized spacial score (nSPS) is 9.69. The van der Waals surface area contributed by atoms with E-state index in [1.807, 2.05) is 6.92 Å². The summed E-state index contributed by atoms with van der Waals surface area (Å²) in [6.45, 7) is 3.09. The predicted octanol–water partition coefficient (Wildman–Crippen LogP) is -0.471. The number of hydrogen-bond acceptors (Lipinski definition) is 3. The van der Waals surface area contributed by atoms with Crippen LogP contribution in [0.2, 0.25) is 0 Å². The van der Waals surface area contributed by atoms with Crippen LogP contribution in [-0.2, 0) is 9.59 Å². The Hall–Kier alpha value is -1.10. The molecule has 13 heavy (non-hydrogen) atoms. The first-order valence-electron chi connectivity index (χ1n) is 4.24. The van der Waals surface area contributed by atoms with Crippen molar-refractivity contribution < 1.29 is 14.7 Å². The fourth-order valence-corrected chi connectivity index (χ4v) is 0.702. The minimum atomic E-state index is -0.858. The quantitative estimate of drug-likeness (QED) is 0.553. The molecule has 1 amide bonds. The third kappa shape index (κ3) is 6.10. The average molecular weight is 188 g/mol. The van der Waals surface area contributed by atoms with Crippen LogP contribution in [0.25, 0.3) is 0 Å². The van der Waals surface area contributed by atoms with Crippen LogP contribution >= 0.6 is 0 Å². The summed E-state index contributed by atoms with van der Waals surface area (Å²) in [6, 6.07) is 0. The van der Waals surface area contributed by atoms with E-state index in [0.29, 0.717) is 13.1 Å². The van der Waals surface area contributed by atoms with Crippen LogP contribution in [0.1, 0.15) is 13.3 Å². The molecule has 0 saturated carbocycles. The van der Waals surface area contributed by atoms with Crippen molar-refractivity contribution in [3.8, 4) is 0 Å². The summed E-state index contributed by atoms with van der Waals surface area (Å²) >= 11 is 0. The summed E-state index contributed by atoms with van der Waals surface area (Å²) in [4.78, 5) is 22.8. The van der Waals surface area contributed by atoms with E-state index in [1.165, 1.54) is 0 Å². The summed E-state index contributed by atoms with van der Waals surface area (Å²) in [5.74, 6) is -0.878. The van der Waals surface area contributed by atoms with Crippen molar-refractivity contribution in [2.24, 2.45) is 0 Å². The standard InChI is InChI=1S/C8H16N2O3/c1-3-10(2)7(11)6-9-5-4-8(12)13/h9H,3-6H2,1-2H3,(H,12,13). The summed E-state index contributed by atoms with van der Waals surface area (Å²) in [6.07, 6.45) is 0.0448. The van der Waals surface area contributed by atoms with Crippen LogP contribution < -0.4 is 5.32 Å². The van der Waals surface area contributed by atoms with E-state index in [2.05, 4.69) is 5.32 Å². The molecule has 76 valence electrons. The molecule has 0 radical (unpaired) electrons. The lowest BCUT2D eigenvalue weighted by Gasteiger charge is -2.14. The monoisotopic (exact) mass is 188 g/mol. The van der Waals surface area contributed by atoms with Gasteiger partial charge in [0.1, 0.15) is 0 Å². The third-order valence-electron chi connectivity index (χ3n) is 1.69. The van der Waals surface area contributed by atoms with Gasteiger partial charge in [0.2, 0.25) is 5.91 Å². The number of carbonyl (C=O) groups excluding carboxylic acids is 1. The molecule has 5 nitrogen and oxygen atoms in total. The number of likely N-dealkylation sites (N-methyl/N-ethyl adjacent to an activating group) is 1. The maximum absolute atomic E-state index is 11.1. The molecule has 0 aromatic rings. The van der Waals surface area contributed by atoms with Crippen molar-refractivity contribution in [2.45, 2.75) is 13.3 Å². The van der Waals surface area contributed by atoms with Crippen LogP contribution in [0.5, 0.6) is 0 Å². The van der Waals surface area contributed by atoms with Crippen molar-refractivity contribution in [1.29, 1.82) is 0 Å². The number of rotatable bonds is 6. The zero-order valence-corrected chi connectivity index (χ0v) is 8.04. The first-order valence-corrected chi connectivity index (χ1v) is 4.24. The minimum Gasteiger partial charge on any atom is -0.481 e. The van der Waals surface area contributed by atoms with Crippen molar-refractivity contribution in [3.05, 3.63) is 0 Å². The Balaban J connectivity index is 3.42. The van der Waals surface area contributed by atoms with Gasteiger partial charge in [-0.2, -0.15) is 0 Å². The van der Waals surface area contributed by atoms with Gasteiger partial charge in [0, 0.05) is 20.1 Å². The van der Waals surface area contributed by atoms with E-state index in [1.54, 1.807) is 11.9 Å². The smallest absolute Gasteiger partial charge is 0.304 e. The number of carboxylic acid groups (broad SMARTS) is 1. The molecule has 0 aromatic carbocycles. The fraction of sp³-hybridized carbons (Fsp3) is 0.750. The van der Waals surface area contributed by atoms with E-state index in [9.17, 15) is 9.59 Å². The van der Waals surface area contributed by atoms with Gasteiger partial charge < -0.3 is 15.3 Å². The predicted molar refractivity (Wildman–Crippen MR) is 48.4 cm³/mol. The first-order chi connectivity index (χ1) is 6.07. The lowest BCUT2D eigenvalue weighted by atomic mass is 10.4. The third-order valence-corrected chi connectivity index (χ3v) is 1.69. The van der Waals surface area contributed by atoms with E-state index < -0.39 is 5.97 Å². The first kappa shape index (κ1) is 11.9. The second-order valence-corrected chi connectivity index (χ2v) is 2.73. The molecule has 0 aromatic heterocycles. The highest BCUT2D eigenvalue weighted by Gasteiger charge is 2.05. The van der Waals surface area contributed by atoms with Crippen LogP contribution in [0.15, 0.2) is 0 Å². The number of amides is 1. The summed E-state index contributed by atoms with van der Waals surface area (Å²) in [5.41, 5.74) is 0. The van der Waals surface area contributed by atoms with Gasteiger partial charge in [0.15, 0.2) is 0 Å².